The Labute approximate surface area is 159 Å². The molecule has 1 heterocycles. The van der Waals surface area contributed by atoms with Crippen molar-refractivity contribution in [1.29, 1.82) is 0 Å². The standard InChI is InChI=1S/C16H19Br2N3O2S/c1-3-21(4-2)16-8-5-12(10-19-16)11-20-24(22,23)15-9-13(17)6-7-14(15)18/h5-10,20H,3-4,11H2,1-2H3. The van der Waals surface area contributed by atoms with Crippen LogP contribution in [0.4, 0.5) is 5.82 Å². The van der Waals surface area contributed by atoms with Crippen molar-refractivity contribution in [2.45, 2.75) is 25.3 Å². The van der Waals surface area contributed by atoms with Crippen molar-refractivity contribution in [3.8, 4) is 0 Å². The van der Waals surface area contributed by atoms with E-state index < -0.39 is 10.0 Å². The van der Waals surface area contributed by atoms with E-state index in [1.807, 2.05) is 12.1 Å². The molecule has 0 saturated carbocycles. The van der Waals surface area contributed by atoms with Gasteiger partial charge in [-0.25, -0.2) is 18.1 Å². The molecule has 1 aromatic carbocycles. The van der Waals surface area contributed by atoms with Gasteiger partial charge < -0.3 is 4.90 Å². The fraction of sp³-hybridized carbons (Fsp3) is 0.312. The van der Waals surface area contributed by atoms with E-state index in [0.717, 1.165) is 24.5 Å². The second kappa shape index (κ2) is 8.42. The van der Waals surface area contributed by atoms with Gasteiger partial charge in [-0.15, -0.1) is 0 Å². The third-order valence-corrected chi connectivity index (χ3v) is 6.43. The van der Waals surface area contributed by atoms with Crippen LogP contribution in [0.2, 0.25) is 0 Å². The van der Waals surface area contributed by atoms with Gasteiger partial charge in [0.2, 0.25) is 10.0 Å². The van der Waals surface area contributed by atoms with Crippen molar-refractivity contribution in [2.24, 2.45) is 0 Å². The van der Waals surface area contributed by atoms with Crippen LogP contribution < -0.4 is 9.62 Å². The maximum absolute atomic E-state index is 12.5. The van der Waals surface area contributed by atoms with Gasteiger partial charge in [-0.2, -0.15) is 0 Å². The molecular formula is C16H19Br2N3O2S. The van der Waals surface area contributed by atoms with E-state index in [2.05, 4.69) is 60.3 Å². The summed E-state index contributed by atoms with van der Waals surface area (Å²) in [5, 5.41) is 0. The SMILES string of the molecule is CCN(CC)c1ccc(CNS(=O)(=O)c2cc(Br)ccc2Br)cn1. The highest BCUT2D eigenvalue weighted by molar-refractivity contribution is 9.11. The average molecular weight is 477 g/mol. The summed E-state index contributed by atoms with van der Waals surface area (Å²) in [6, 6.07) is 8.83. The quantitative estimate of drug-likeness (QED) is 0.657. The van der Waals surface area contributed by atoms with E-state index in [1.165, 1.54) is 0 Å². The number of pyridine rings is 1. The van der Waals surface area contributed by atoms with Crippen LogP contribution in [0.25, 0.3) is 0 Å². The zero-order valence-electron chi connectivity index (χ0n) is 13.5. The highest BCUT2D eigenvalue weighted by atomic mass is 79.9. The summed E-state index contributed by atoms with van der Waals surface area (Å²) in [6.45, 7) is 6.09. The highest BCUT2D eigenvalue weighted by Gasteiger charge is 2.17. The number of hydrogen-bond donors (Lipinski definition) is 1. The molecule has 0 bridgehead atoms. The molecule has 0 radical (unpaired) electrons. The summed E-state index contributed by atoms with van der Waals surface area (Å²) >= 11 is 6.57. The second-order valence-electron chi connectivity index (χ2n) is 5.10. The maximum atomic E-state index is 12.5. The molecule has 8 heteroatoms. The van der Waals surface area contributed by atoms with E-state index in [-0.39, 0.29) is 11.4 Å². The molecule has 1 aromatic heterocycles. The number of sulfonamides is 1. The number of hydrogen-bond acceptors (Lipinski definition) is 4. The Balaban J connectivity index is 2.11. The van der Waals surface area contributed by atoms with Gasteiger partial charge in [0.05, 0.1) is 4.90 Å². The number of halogens is 2. The lowest BCUT2D eigenvalue weighted by Gasteiger charge is -2.19. The van der Waals surface area contributed by atoms with E-state index in [9.17, 15) is 8.42 Å². The molecule has 0 aliphatic heterocycles. The molecule has 2 rings (SSSR count). The fourth-order valence-electron chi connectivity index (χ4n) is 2.20. The number of nitrogens with one attached hydrogen (secondary N) is 1. The van der Waals surface area contributed by atoms with Crippen LogP contribution in [-0.4, -0.2) is 26.5 Å². The van der Waals surface area contributed by atoms with Crippen LogP contribution in [0.3, 0.4) is 0 Å². The van der Waals surface area contributed by atoms with E-state index in [1.54, 1.807) is 24.4 Å². The Morgan fingerprint density at radius 3 is 2.42 bits per heavy atom. The first-order chi connectivity index (χ1) is 11.4. The predicted octanol–water partition coefficient (Wildman–Crippen LogP) is 3.93. The minimum Gasteiger partial charge on any atom is -0.357 e. The first-order valence-corrected chi connectivity index (χ1v) is 10.6. The minimum absolute atomic E-state index is 0.187. The van der Waals surface area contributed by atoms with Gasteiger partial charge >= 0.3 is 0 Å². The van der Waals surface area contributed by atoms with Gasteiger partial charge in [-0.1, -0.05) is 22.0 Å². The lowest BCUT2D eigenvalue weighted by molar-refractivity contribution is 0.580. The van der Waals surface area contributed by atoms with Gasteiger partial charge in [0.25, 0.3) is 0 Å². The Bertz CT molecular complexity index is 791. The number of anilines is 1. The number of nitrogens with zero attached hydrogens (tertiary/aromatic N) is 2. The van der Waals surface area contributed by atoms with Crippen molar-refractivity contribution >= 4 is 47.7 Å². The smallest absolute Gasteiger partial charge is 0.242 e. The molecule has 0 atom stereocenters. The third-order valence-electron chi connectivity index (χ3n) is 3.55. The summed E-state index contributed by atoms with van der Waals surface area (Å²) in [4.78, 5) is 6.73. The van der Waals surface area contributed by atoms with E-state index in [4.69, 9.17) is 0 Å². The average Bonchev–Trinajstić information content (AvgIpc) is 2.57. The maximum Gasteiger partial charge on any atom is 0.242 e. The summed E-state index contributed by atoms with van der Waals surface area (Å²) in [5.74, 6) is 0.890. The highest BCUT2D eigenvalue weighted by Crippen LogP contribution is 2.25. The number of benzene rings is 1. The summed E-state index contributed by atoms with van der Waals surface area (Å²) in [7, 11) is -3.61. The van der Waals surface area contributed by atoms with Crippen LogP contribution in [0, 0.1) is 0 Å². The summed E-state index contributed by atoms with van der Waals surface area (Å²) in [6.07, 6.45) is 1.70. The monoisotopic (exact) mass is 475 g/mol. The second-order valence-corrected chi connectivity index (χ2v) is 8.60. The molecule has 2 aromatic rings. The van der Waals surface area contributed by atoms with Crippen molar-refractivity contribution < 1.29 is 8.42 Å². The molecule has 24 heavy (non-hydrogen) atoms. The fourth-order valence-corrected chi connectivity index (χ4v) is 4.71. The molecule has 0 aliphatic carbocycles. The summed E-state index contributed by atoms with van der Waals surface area (Å²) in [5.41, 5.74) is 0.806. The first kappa shape index (κ1) is 19.4. The zero-order valence-corrected chi connectivity index (χ0v) is 17.4. The third kappa shape index (κ3) is 4.78. The molecule has 1 N–H and O–H groups in total. The number of aromatic nitrogens is 1. The Morgan fingerprint density at radius 1 is 1.12 bits per heavy atom. The van der Waals surface area contributed by atoms with Gasteiger partial charge in [-0.05, 0) is 59.6 Å². The molecule has 0 saturated heterocycles. The van der Waals surface area contributed by atoms with Crippen LogP contribution in [0.15, 0.2) is 50.4 Å². The molecule has 130 valence electrons. The van der Waals surface area contributed by atoms with Gasteiger partial charge in [0, 0.05) is 34.8 Å². The van der Waals surface area contributed by atoms with Crippen molar-refractivity contribution in [3.05, 3.63) is 51.0 Å². The molecular weight excluding hydrogens is 458 g/mol. The van der Waals surface area contributed by atoms with E-state index >= 15 is 0 Å². The molecule has 0 fully saturated rings. The minimum atomic E-state index is -3.61. The largest absolute Gasteiger partial charge is 0.357 e. The van der Waals surface area contributed by atoms with Crippen molar-refractivity contribution in [1.82, 2.24) is 9.71 Å². The van der Waals surface area contributed by atoms with Crippen molar-refractivity contribution in [2.75, 3.05) is 18.0 Å². The Morgan fingerprint density at radius 2 is 1.83 bits per heavy atom. The molecule has 5 nitrogen and oxygen atoms in total. The van der Waals surface area contributed by atoms with Crippen LogP contribution in [0.1, 0.15) is 19.4 Å². The van der Waals surface area contributed by atoms with Gasteiger partial charge in [-0.3, -0.25) is 0 Å². The Kier molecular flexibility index (Phi) is 6.79. The Hall–Kier alpha value is -0.960. The lowest BCUT2D eigenvalue weighted by Crippen LogP contribution is -2.24. The number of rotatable bonds is 7. The van der Waals surface area contributed by atoms with Crippen molar-refractivity contribution in [3.63, 3.8) is 0 Å². The molecule has 0 spiro atoms. The van der Waals surface area contributed by atoms with E-state index in [0.29, 0.717) is 8.95 Å². The molecule has 0 amide bonds. The van der Waals surface area contributed by atoms with Gasteiger partial charge in [0.15, 0.2) is 0 Å². The summed E-state index contributed by atoms with van der Waals surface area (Å²) < 4.78 is 28.7. The first-order valence-electron chi connectivity index (χ1n) is 7.52. The molecule has 0 aliphatic rings. The van der Waals surface area contributed by atoms with Crippen LogP contribution in [0.5, 0.6) is 0 Å². The lowest BCUT2D eigenvalue weighted by atomic mass is 10.3. The normalized spacial score (nSPS) is 11.5. The van der Waals surface area contributed by atoms with Gasteiger partial charge in [0.1, 0.15) is 5.82 Å². The topological polar surface area (TPSA) is 62.3 Å². The molecule has 0 unspecified atom stereocenters. The van der Waals surface area contributed by atoms with Crippen LogP contribution >= 0.6 is 31.9 Å². The zero-order chi connectivity index (χ0) is 17.7. The van der Waals surface area contributed by atoms with Crippen LogP contribution in [-0.2, 0) is 16.6 Å². The predicted molar refractivity (Wildman–Crippen MR) is 104 cm³/mol.